The first kappa shape index (κ1) is 18.7. The number of nitrogens with zero attached hydrogens (tertiary/aromatic N) is 5. The summed E-state index contributed by atoms with van der Waals surface area (Å²) in [6.45, 7) is 5.27. The van der Waals surface area contributed by atoms with Crippen molar-refractivity contribution < 1.29 is 4.74 Å². The van der Waals surface area contributed by atoms with Gasteiger partial charge in [-0.15, -0.1) is 0 Å². The molecule has 4 aromatic rings. The Kier molecular flexibility index (Phi) is 5.11. The lowest BCUT2D eigenvalue weighted by Gasteiger charge is -2.28. The maximum atomic E-state index is 5.42. The molecule has 0 aromatic carbocycles. The van der Waals surface area contributed by atoms with Crippen LogP contribution in [0.3, 0.4) is 0 Å². The molecule has 1 fully saturated rings. The van der Waals surface area contributed by atoms with Crippen molar-refractivity contribution in [3.8, 4) is 0 Å². The lowest BCUT2D eigenvalue weighted by atomic mass is 10.1. The minimum atomic E-state index is 0.654. The number of hydrogen-bond donors (Lipinski definition) is 1. The Morgan fingerprint density at radius 1 is 1.10 bits per heavy atom. The van der Waals surface area contributed by atoms with Gasteiger partial charge in [0.05, 0.1) is 25.3 Å². The molecule has 1 radical (unpaired) electrons. The van der Waals surface area contributed by atoms with Gasteiger partial charge in [0.1, 0.15) is 17.3 Å². The molecule has 1 N–H and O–H groups in total. The third-order valence-corrected chi connectivity index (χ3v) is 5.24. The summed E-state index contributed by atoms with van der Waals surface area (Å²) >= 11 is 0. The minimum absolute atomic E-state index is 0.654. The van der Waals surface area contributed by atoms with E-state index in [9.17, 15) is 0 Å². The fourth-order valence-corrected chi connectivity index (χ4v) is 3.68. The number of rotatable bonds is 5. The van der Waals surface area contributed by atoms with Crippen molar-refractivity contribution in [1.82, 2.24) is 24.9 Å². The Morgan fingerprint density at radius 2 is 1.93 bits per heavy atom. The monoisotopic (exact) mass is 399 g/mol. The first-order valence-corrected chi connectivity index (χ1v) is 10.1. The van der Waals surface area contributed by atoms with Crippen LogP contribution in [-0.4, -0.2) is 51.2 Å². The van der Waals surface area contributed by atoms with Crippen LogP contribution in [0.5, 0.6) is 0 Å². The molecule has 30 heavy (non-hydrogen) atoms. The summed E-state index contributed by atoms with van der Waals surface area (Å²) in [5.41, 5.74) is 5.17. The van der Waals surface area contributed by atoms with E-state index in [1.54, 1.807) is 0 Å². The summed E-state index contributed by atoms with van der Waals surface area (Å²) in [7, 11) is 0. The Labute approximate surface area is 175 Å². The van der Waals surface area contributed by atoms with Gasteiger partial charge in [-0.25, -0.2) is 19.9 Å². The summed E-state index contributed by atoms with van der Waals surface area (Å²) in [5, 5.41) is 1.15. The molecule has 0 unspecified atom stereocenters. The van der Waals surface area contributed by atoms with E-state index in [0.29, 0.717) is 5.82 Å². The molecule has 1 aliphatic heterocycles. The largest absolute Gasteiger partial charge is 0.378 e. The molecule has 4 aromatic heterocycles. The number of fused-ring (bicyclic) bond motifs is 1. The Balaban J connectivity index is 1.29. The smallest absolute Gasteiger partial charge is 0.138 e. The van der Waals surface area contributed by atoms with Crippen molar-refractivity contribution in [1.29, 1.82) is 0 Å². The van der Waals surface area contributed by atoms with E-state index in [2.05, 4.69) is 37.8 Å². The molecule has 0 bridgehead atoms. The maximum Gasteiger partial charge on any atom is 0.138 e. The zero-order chi connectivity index (χ0) is 20.3. The standard InChI is InChI=1S/C23H23N6O/c1-16-9-20-18(15-27-23(20)26-12-16)10-17-13-24-21(25-14-17)11-19-3-2-4-22(28-19)29-5-7-30-8-6-29/h2-4,9,11-15H,5-8,10H2,1H3,(H,26,27). The van der Waals surface area contributed by atoms with Crippen LogP contribution in [0.2, 0.25) is 0 Å². The van der Waals surface area contributed by atoms with Crippen LogP contribution in [-0.2, 0) is 11.2 Å². The van der Waals surface area contributed by atoms with E-state index in [0.717, 1.165) is 66.4 Å². The highest BCUT2D eigenvalue weighted by molar-refractivity contribution is 5.80. The lowest BCUT2D eigenvalue weighted by molar-refractivity contribution is 0.122. The van der Waals surface area contributed by atoms with Crippen LogP contribution < -0.4 is 4.90 Å². The van der Waals surface area contributed by atoms with E-state index < -0.39 is 0 Å². The predicted molar refractivity (Wildman–Crippen MR) is 115 cm³/mol. The molecule has 1 saturated heterocycles. The molecule has 0 amide bonds. The highest BCUT2D eigenvalue weighted by Gasteiger charge is 2.13. The minimum Gasteiger partial charge on any atom is -0.378 e. The second-order valence-corrected chi connectivity index (χ2v) is 7.51. The van der Waals surface area contributed by atoms with Crippen LogP contribution in [0.4, 0.5) is 5.82 Å². The number of aryl methyl sites for hydroxylation is 1. The van der Waals surface area contributed by atoms with Gasteiger partial charge in [0.25, 0.3) is 0 Å². The van der Waals surface area contributed by atoms with Crippen molar-refractivity contribution in [2.45, 2.75) is 13.3 Å². The summed E-state index contributed by atoms with van der Waals surface area (Å²) in [6.07, 6.45) is 10.3. The van der Waals surface area contributed by atoms with Gasteiger partial charge in [-0.3, -0.25) is 0 Å². The van der Waals surface area contributed by atoms with Gasteiger partial charge in [-0.2, -0.15) is 0 Å². The summed E-state index contributed by atoms with van der Waals surface area (Å²) in [6, 6.07) is 8.18. The number of anilines is 1. The van der Waals surface area contributed by atoms with Gasteiger partial charge in [0, 0.05) is 49.7 Å². The van der Waals surface area contributed by atoms with E-state index >= 15 is 0 Å². The molecule has 7 nitrogen and oxygen atoms in total. The zero-order valence-corrected chi connectivity index (χ0v) is 16.9. The number of ether oxygens (including phenoxy) is 1. The first-order chi connectivity index (χ1) is 14.7. The maximum absolute atomic E-state index is 5.42. The number of aromatic amines is 1. The molecule has 5 rings (SSSR count). The molecule has 7 heteroatoms. The van der Waals surface area contributed by atoms with Crippen molar-refractivity contribution in [2.24, 2.45) is 0 Å². The summed E-state index contributed by atoms with van der Waals surface area (Å²) < 4.78 is 5.42. The van der Waals surface area contributed by atoms with Gasteiger partial charge in [-0.1, -0.05) is 6.07 Å². The van der Waals surface area contributed by atoms with Crippen molar-refractivity contribution in [2.75, 3.05) is 31.2 Å². The van der Waals surface area contributed by atoms with Crippen LogP contribution in [0.25, 0.3) is 11.0 Å². The lowest BCUT2D eigenvalue weighted by Crippen LogP contribution is -2.36. The molecule has 151 valence electrons. The van der Waals surface area contributed by atoms with Crippen LogP contribution in [0, 0.1) is 13.3 Å². The van der Waals surface area contributed by atoms with E-state index in [-0.39, 0.29) is 0 Å². The van der Waals surface area contributed by atoms with Gasteiger partial charge < -0.3 is 14.6 Å². The Hall–Kier alpha value is -3.32. The number of hydrogen-bond acceptors (Lipinski definition) is 6. The molecule has 0 atom stereocenters. The number of nitrogens with one attached hydrogen (secondary N) is 1. The third-order valence-electron chi connectivity index (χ3n) is 5.24. The van der Waals surface area contributed by atoms with Crippen molar-refractivity contribution >= 4 is 16.9 Å². The van der Waals surface area contributed by atoms with E-state index in [4.69, 9.17) is 9.72 Å². The highest BCUT2D eigenvalue weighted by Crippen LogP contribution is 2.21. The Morgan fingerprint density at radius 3 is 2.77 bits per heavy atom. The van der Waals surface area contributed by atoms with E-state index in [1.165, 1.54) is 5.56 Å². The molecule has 1 aliphatic rings. The molecular weight excluding hydrogens is 376 g/mol. The number of morpholine rings is 1. The van der Waals surface area contributed by atoms with Crippen LogP contribution in [0.1, 0.15) is 28.2 Å². The van der Waals surface area contributed by atoms with Crippen LogP contribution in [0.15, 0.2) is 49.1 Å². The van der Waals surface area contributed by atoms with Gasteiger partial charge >= 0.3 is 0 Å². The number of aromatic nitrogens is 5. The third kappa shape index (κ3) is 4.02. The van der Waals surface area contributed by atoms with Crippen molar-refractivity contribution in [3.63, 3.8) is 0 Å². The second-order valence-electron chi connectivity index (χ2n) is 7.51. The summed E-state index contributed by atoms with van der Waals surface area (Å²) in [4.78, 5) is 23.7. The van der Waals surface area contributed by atoms with Gasteiger partial charge in [0.2, 0.25) is 0 Å². The molecular formula is C23H23N6O. The topological polar surface area (TPSA) is 79.8 Å². The molecule has 0 spiro atoms. The highest BCUT2D eigenvalue weighted by atomic mass is 16.5. The van der Waals surface area contributed by atoms with Crippen LogP contribution >= 0.6 is 0 Å². The SMILES string of the molecule is Cc1cnc2[nH]cc(Cc3cnc([CH]c4cccc(N5CCOCC5)n4)nc3)c2c1. The first-order valence-electron chi connectivity index (χ1n) is 10.1. The van der Waals surface area contributed by atoms with E-state index in [1.807, 2.05) is 49.4 Å². The van der Waals surface area contributed by atoms with Crippen molar-refractivity contribution in [3.05, 3.63) is 83.7 Å². The quantitative estimate of drug-likeness (QED) is 0.556. The fourth-order valence-electron chi connectivity index (χ4n) is 3.68. The number of H-pyrrole nitrogens is 1. The second kappa shape index (κ2) is 8.20. The average Bonchev–Trinajstić information content (AvgIpc) is 3.18. The summed E-state index contributed by atoms with van der Waals surface area (Å²) in [5.74, 6) is 1.62. The fraction of sp³-hybridized carbons (Fsp3) is 0.261. The molecule has 5 heterocycles. The molecule has 0 aliphatic carbocycles. The predicted octanol–water partition coefficient (Wildman–Crippen LogP) is 3.08. The molecule has 0 saturated carbocycles. The Bertz CT molecular complexity index is 1150. The normalized spacial score (nSPS) is 14.4. The van der Waals surface area contributed by atoms with Gasteiger partial charge in [0.15, 0.2) is 0 Å². The average molecular weight is 399 g/mol. The van der Waals surface area contributed by atoms with Gasteiger partial charge in [-0.05, 0) is 41.8 Å². The zero-order valence-electron chi connectivity index (χ0n) is 16.9. The number of pyridine rings is 2.